The predicted molar refractivity (Wildman–Crippen MR) is 105 cm³/mol. The topological polar surface area (TPSA) is 58.1 Å². The van der Waals surface area contributed by atoms with E-state index in [2.05, 4.69) is 32.5 Å². The van der Waals surface area contributed by atoms with Crippen LogP contribution in [0.2, 0.25) is 0 Å². The number of amides is 1. The smallest absolute Gasteiger partial charge is 0.252 e. The molecule has 1 aliphatic rings. The number of benzene rings is 1. The SMILES string of the molecule is O=C(NC1CCN(Cc2nnc(-c3ccccc3)s2)CC1)c1ccsc1. The van der Waals surface area contributed by atoms with Gasteiger partial charge in [0.15, 0.2) is 0 Å². The summed E-state index contributed by atoms with van der Waals surface area (Å²) in [6, 6.07) is 12.3. The lowest BCUT2D eigenvalue weighted by Crippen LogP contribution is -2.44. The van der Waals surface area contributed by atoms with Gasteiger partial charge in [-0.1, -0.05) is 41.7 Å². The average molecular weight is 385 g/mol. The van der Waals surface area contributed by atoms with E-state index in [4.69, 9.17) is 0 Å². The molecule has 4 rings (SSSR count). The molecule has 0 radical (unpaired) electrons. The monoisotopic (exact) mass is 384 g/mol. The first-order valence-corrected chi connectivity index (χ1v) is 10.5. The van der Waals surface area contributed by atoms with Crippen molar-refractivity contribution in [3.63, 3.8) is 0 Å². The summed E-state index contributed by atoms with van der Waals surface area (Å²) in [7, 11) is 0. The molecule has 1 N–H and O–H groups in total. The molecular formula is C19H20N4OS2. The summed E-state index contributed by atoms with van der Waals surface area (Å²) in [5, 5.41) is 17.7. The Balaban J connectivity index is 1.28. The van der Waals surface area contributed by atoms with Gasteiger partial charge in [0.2, 0.25) is 0 Å². The van der Waals surface area contributed by atoms with Crippen molar-refractivity contribution in [2.45, 2.75) is 25.4 Å². The van der Waals surface area contributed by atoms with E-state index in [0.717, 1.165) is 53.6 Å². The van der Waals surface area contributed by atoms with Crippen LogP contribution in [0.1, 0.15) is 28.2 Å². The molecule has 0 aliphatic carbocycles. The van der Waals surface area contributed by atoms with E-state index in [9.17, 15) is 4.79 Å². The van der Waals surface area contributed by atoms with Crippen molar-refractivity contribution in [3.05, 3.63) is 57.7 Å². The van der Waals surface area contributed by atoms with Crippen molar-refractivity contribution in [1.29, 1.82) is 0 Å². The molecule has 3 aromatic rings. The minimum atomic E-state index is 0.0429. The van der Waals surface area contributed by atoms with Gasteiger partial charge in [-0.2, -0.15) is 11.3 Å². The zero-order valence-corrected chi connectivity index (χ0v) is 15.9. The summed E-state index contributed by atoms with van der Waals surface area (Å²) >= 11 is 3.21. The molecule has 2 aromatic heterocycles. The number of nitrogens with one attached hydrogen (secondary N) is 1. The fraction of sp³-hybridized carbons (Fsp3) is 0.316. The fourth-order valence-corrected chi connectivity index (χ4v) is 4.63. The highest BCUT2D eigenvalue weighted by molar-refractivity contribution is 7.14. The molecule has 1 amide bonds. The number of hydrogen-bond acceptors (Lipinski definition) is 6. The molecule has 3 heterocycles. The van der Waals surface area contributed by atoms with Crippen molar-refractivity contribution in [2.24, 2.45) is 0 Å². The third kappa shape index (κ3) is 4.17. The normalized spacial score (nSPS) is 15.8. The Hall–Kier alpha value is -2.09. The first-order valence-electron chi connectivity index (χ1n) is 8.71. The first kappa shape index (κ1) is 17.3. The van der Waals surface area contributed by atoms with Crippen molar-refractivity contribution in [2.75, 3.05) is 13.1 Å². The van der Waals surface area contributed by atoms with Crippen molar-refractivity contribution < 1.29 is 4.79 Å². The molecule has 1 fully saturated rings. The number of likely N-dealkylation sites (tertiary alicyclic amines) is 1. The number of nitrogens with zero attached hydrogens (tertiary/aromatic N) is 3. The molecule has 5 nitrogen and oxygen atoms in total. The Labute approximate surface area is 160 Å². The molecule has 0 unspecified atom stereocenters. The van der Waals surface area contributed by atoms with E-state index in [-0.39, 0.29) is 11.9 Å². The van der Waals surface area contributed by atoms with Gasteiger partial charge in [-0.05, 0) is 24.3 Å². The zero-order valence-electron chi connectivity index (χ0n) is 14.3. The van der Waals surface area contributed by atoms with E-state index in [1.54, 1.807) is 22.7 Å². The number of aromatic nitrogens is 2. The lowest BCUT2D eigenvalue weighted by atomic mass is 10.0. The first-order chi connectivity index (χ1) is 12.8. The van der Waals surface area contributed by atoms with E-state index < -0.39 is 0 Å². The number of thiophene rings is 1. The highest BCUT2D eigenvalue weighted by Crippen LogP contribution is 2.24. The van der Waals surface area contributed by atoms with E-state index >= 15 is 0 Å². The minimum absolute atomic E-state index is 0.0429. The molecule has 134 valence electrons. The Bertz CT molecular complexity index is 840. The summed E-state index contributed by atoms with van der Waals surface area (Å²) in [5.74, 6) is 0.0429. The van der Waals surface area contributed by atoms with Crippen LogP contribution >= 0.6 is 22.7 Å². The van der Waals surface area contributed by atoms with Crippen LogP contribution in [0.5, 0.6) is 0 Å². The predicted octanol–water partition coefficient (Wildman–Crippen LogP) is 3.66. The average Bonchev–Trinajstić information content (AvgIpc) is 3.36. The zero-order chi connectivity index (χ0) is 17.8. The number of carbonyl (C=O) groups excluding carboxylic acids is 1. The van der Waals surface area contributed by atoms with Gasteiger partial charge in [0.25, 0.3) is 5.91 Å². The van der Waals surface area contributed by atoms with Crippen LogP contribution in [0.15, 0.2) is 47.2 Å². The summed E-state index contributed by atoms with van der Waals surface area (Å²) in [5.41, 5.74) is 1.88. The standard InChI is InChI=1S/C19H20N4OS2/c24-18(15-8-11-25-13-15)20-16-6-9-23(10-7-16)12-17-21-22-19(26-17)14-4-2-1-3-5-14/h1-5,8,11,13,16H,6-7,9-10,12H2,(H,20,24). The van der Waals surface area contributed by atoms with Crippen LogP contribution in [-0.2, 0) is 6.54 Å². The van der Waals surface area contributed by atoms with Crippen LogP contribution in [0.25, 0.3) is 10.6 Å². The largest absolute Gasteiger partial charge is 0.349 e. The molecule has 0 spiro atoms. The molecule has 7 heteroatoms. The number of rotatable bonds is 5. The van der Waals surface area contributed by atoms with Crippen LogP contribution < -0.4 is 5.32 Å². The quantitative estimate of drug-likeness (QED) is 0.729. The van der Waals surface area contributed by atoms with E-state index in [0.29, 0.717) is 0 Å². The van der Waals surface area contributed by atoms with Gasteiger partial charge >= 0.3 is 0 Å². The fourth-order valence-electron chi connectivity index (χ4n) is 3.10. The van der Waals surface area contributed by atoms with Gasteiger partial charge in [0.05, 0.1) is 6.54 Å². The Morgan fingerprint density at radius 1 is 1.15 bits per heavy atom. The highest BCUT2D eigenvalue weighted by atomic mass is 32.1. The molecule has 0 atom stereocenters. The molecule has 0 saturated carbocycles. The summed E-state index contributed by atoms with van der Waals surface area (Å²) in [6.07, 6.45) is 1.94. The maximum Gasteiger partial charge on any atom is 0.252 e. The molecular weight excluding hydrogens is 364 g/mol. The Kier molecular flexibility index (Phi) is 5.38. The third-order valence-electron chi connectivity index (χ3n) is 4.55. The second kappa shape index (κ2) is 8.07. The van der Waals surface area contributed by atoms with Crippen LogP contribution in [0, 0.1) is 0 Å². The summed E-state index contributed by atoms with van der Waals surface area (Å²) in [4.78, 5) is 14.5. The Morgan fingerprint density at radius 3 is 2.69 bits per heavy atom. The van der Waals surface area contributed by atoms with Gasteiger partial charge in [-0.3, -0.25) is 9.69 Å². The van der Waals surface area contributed by atoms with Crippen molar-refractivity contribution in [3.8, 4) is 10.6 Å². The summed E-state index contributed by atoms with van der Waals surface area (Å²) < 4.78 is 0. The second-order valence-corrected chi connectivity index (χ2v) is 8.24. The van der Waals surface area contributed by atoms with Crippen molar-refractivity contribution in [1.82, 2.24) is 20.4 Å². The lowest BCUT2D eigenvalue weighted by molar-refractivity contribution is 0.0909. The van der Waals surface area contributed by atoms with Gasteiger partial charge < -0.3 is 5.32 Å². The summed E-state index contributed by atoms with van der Waals surface area (Å²) in [6.45, 7) is 2.76. The van der Waals surface area contributed by atoms with Crippen LogP contribution in [0.3, 0.4) is 0 Å². The lowest BCUT2D eigenvalue weighted by Gasteiger charge is -2.31. The number of carbonyl (C=O) groups is 1. The van der Waals surface area contributed by atoms with Gasteiger partial charge in [-0.25, -0.2) is 0 Å². The van der Waals surface area contributed by atoms with Crippen LogP contribution in [0.4, 0.5) is 0 Å². The molecule has 1 saturated heterocycles. The Morgan fingerprint density at radius 2 is 1.96 bits per heavy atom. The van der Waals surface area contributed by atoms with E-state index in [1.165, 1.54) is 0 Å². The van der Waals surface area contributed by atoms with Crippen LogP contribution in [-0.4, -0.2) is 40.1 Å². The van der Waals surface area contributed by atoms with Crippen molar-refractivity contribution >= 4 is 28.6 Å². The van der Waals surface area contributed by atoms with Gasteiger partial charge in [-0.15, -0.1) is 10.2 Å². The van der Waals surface area contributed by atoms with Gasteiger partial charge in [0.1, 0.15) is 10.0 Å². The second-order valence-electron chi connectivity index (χ2n) is 6.40. The third-order valence-corrected chi connectivity index (χ3v) is 6.19. The molecule has 1 aliphatic heterocycles. The van der Waals surface area contributed by atoms with Gasteiger partial charge in [0, 0.05) is 35.6 Å². The highest BCUT2D eigenvalue weighted by Gasteiger charge is 2.22. The maximum atomic E-state index is 12.1. The molecule has 26 heavy (non-hydrogen) atoms. The number of piperidine rings is 1. The number of hydrogen-bond donors (Lipinski definition) is 1. The molecule has 1 aromatic carbocycles. The minimum Gasteiger partial charge on any atom is -0.349 e. The maximum absolute atomic E-state index is 12.1. The molecule has 0 bridgehead atoms. The van der Waals surface area contributed by atoms with E-state index in [1.807, 2.05) is 35.0 Å².